The average Bonchev–Trinajstić information content (AvgIpc) is 1.97. The van der Waals surface area contributed by atoms with Crippen LogP contribution >= 0.6 is 0 Å². The average molecular weight is 296 g/mol. The standard InChI is InChI=1S/C5H7F3N2O5S2/c1-3(2)4(11)9-17(14,15)10-16(12,13)5(6,7)8/h10H,1H2,2H3,(H,9,11). The minimum absolute atomic E-state index is 0.305. The normalized spacial score (nSPS) is 13.2. The summed E-state index contributed by atoms with van der Waals surface area (Å²) in [7, 11) is -11.3. The van der Waals surface area contributed by atoms with E-state index in [9.17, 15) is 34.8 Å². The highest BCUT2D eigenvalue weighted by molar-refractivity contribution is 8.04. The van der Waals surface area contributed by atoms with Crippen molar-refractivity contribution in [2.24, 2.45) is 0 Å². The Morgan fingerprint density at radius 3 is 1.88 bits per heavy atom. The van der Waals surface area contributed by atoms with Gasteiger partial charge >= 0.3 is 25.7 Å². The largest absolute Gasteiger partial charge is 0.512 e. The number of amides is 1. The maximum Gasteiger partial charge on any atom is 0.512 e. The Labute approximate surface area is 94.9 Å². The summed E-state index contributed by atoms with van der Waals surface area (Å²) >= 11 is 0. The number of alkyl halides is 3. The third-order valence-electron chi connectivity index (χ3n) is 1.14. The lowest BCUT2D eigenvalue weighted by atomic mass is 10.3. The minimum Gasteiger partial charge on any atom is -0.269 e. The van der Waals surface area contributed by atoms with E-state index in [1.165, 1.54) is 0 Å². The Morgan fingerprint density at radius 2 is 1.59 bits per heavy atom. The predicted molar refractivity (Wildman–Crippen MR) is 50.0 cm³/mol. The summed E-state index contributed by atoms with van der Waals surface area (Å²) in [6.07, 6.45) is 0. The summed E-state index contributed by atoms with van der Waals surface area (Å²) in [5, 5.41) is 0. The Hall–Kier alpha value is -1.14. The molecular formula is C5H7F3N2O5S2. The van der Waals surface area contributed by atoms with Crippen LogP contribution in [0.3, 0.4) is 0 Å². The molecule has 0 aromatic carbocycles. The highest BCUT2D eigenvalue weighted by atomic mass is 32.3. The lowest BCUT2D eigenvalue weighted by Gasteiger charge is -2.10. The van der Waals surface area contributed by atoms with E-state index in [0.717, 1.165) is 11.6 Å². The van der Waals surface area contributed by atoms with Gasteiger partial charge < -0.3 is 0 Å². The summed E-state index contributed by atoms with van der Waals surface area (Å²) in [6, 6.07) is 0. The predicted octanol–water partition coefficient (Wildman–Crippen LogP) is -0.637. The molecule has 7 nitrogen and oxygen atoms in total. The number of hydrogen-bond donors (Lipinski definition) is 2. The zero-order chi connectivity index (χ0) is 14.1. The fourth-order valence-electron chi connectivity index (χ4n) is 0.422. The molecule has 0 heterocycles. The highest BCUT2D eigenvalue weighted by Gasteiger charge is 2.48. The van der Waals surface area contributed by atoms with Gasteiger partial charge in [-0.2, -0.15) is 21.6 Å². The summed E-state index contributed by atoms with van der Waals surface area (Å²) in [4.78, 5) is 10.8. The number of rotatable bonds is 4. The topological polar surface area (TPSA) is 109 Å². The van der Waals surface area contributed by atoms with E-state index in [4.69, 9.17) is 0 Å². The van der Waals surface area contributed by atoms with Crippen LogP contribution in [0, 0.1) is 0 Å². The van der Waals surface area contributed by atoms with Crippen molar-refractivity contribution in [3.05, 3.63) is 12.2 Å². The molecule has 0 unspecified atom stereocenters. The molecule has 0 atom stereocenters. The van der Waals surface area contributed by atoms with Gasteiger partial charge in [0, 0.05) is 5.57 Å². The molecule has 0 aromatic heterocycles. The Bertz CT molecular complexity index is 532. The SMILES string of the molecule is C=C(C)C(=O)NS(=O)(=O)NS(=O)(=O)C(F)(F)F. The number of sulfonamides is 1. The van der Waals surface area contributed by atoms with Crippen molar-refractivity contribution in [3.8, 4) is 0 Å². The van der Waals surface area contributed by atoms with Crippen LogP contribution in [-0.4, -0.2) is 28.3 Å². The van der Waals surface area contributed by atoms with Gasteiger partial charge in [0.1, 0.15) is 0 Å². The smallest absolute Gasteiger partial charge is 0.269 e. The van der Waals surface area contributed by atoms with Crippen LogP contribution < -0.4 is 8.85 Å². The first kappa shape index (κ1) is 15.9. The van der Waals surface area contributed by atoms with E-state index in [0.29, 0.717) is 4.13 Å². The van der Waals surface area contributed by atoms with Crippen molar-refractivity contribution < 1.29 is 34.8 Å². The molecule has 0 aliphatic carbocycles. The quantitative estimate of drug-likeness (QED) is 0.671. The van der Waals surface area contributed by atoms with Crippen LogP contribution in [0.4, 0.5) is 13.2 Å². The highest BCUT2D eigenvalue weighted by Crippen LogP contribution is 2.21. The second-order valence-corrected chi connectivity index (χ2v) is 6.09. The molecule has 0 saturated carbocycles. The first-order chi connectivity index (χ1) is 7.28. The zero-order valence-electron chi connectivity index (χ0n) is 8.20. The van der Waals surface area contributed by atoms with E-state index in [1.54, 1.807) is 0 Å². The number of nitrogens with one attached hydrogen (secondary N) is 2. The summed E-state index contributed by atoms with van der Waals surface area (Å²) in [5.41, 5.74) is -6.15. The first-order valence-corrected chi connectivity index (χ1v) is 6.57. The van der Waals surface area contributed by atoms with Gasteiger partial charge in [0.25, 0.3) is 5.91 Å². The van der Waals surface area contributed by atoms with Crippen LogP contribution in [0.5, 0.6) is 0 Å². The maximum absolute atomic E-state index is 11.8. The van der Waals surface area contributed by atoms with E-state index in [2.05, 4.69) is 6.58 Å². The number of halogens is 3. The molecule has 0 saturated heterocycles. The van der Waals surface area contributed by atoms with Crippen LogP contribution in [0.15, 0.2) is 12.2 Å². The summed E-state index contributed by atoms with van der Waals surface area (Å²) in [5.74, 6) is -1.34. The second-order valence-electron chi connectivity index (χ2n) is 2.75. The van der Waals surface area contributed by atoms with E-state index < -0.39 is 31.6 Å². The molecule has 0 aliphatic heterocycles. The van der Waals surface area contributed by atoms with Crippen molar-refractivity contribution in [2.45, 2.75) is 12.4 Å². The van der Waals surface area contributed by atoms with Gasteiger partial charge in [0.05, 0.1) is 0 Å². The Kier molecular flexibility index (Phi) is 4.31. The summed E-state index contributed by atoms with van der Waals surface area (Å²) in [6.45, 7) is 4.08. The van der Waals surface area contributed by atoms with Gasteiger partial charge in [-0.15, -0.1) is 0 Å². The minimum atomic E-state index is -6.11. The van der Waals surface area contributed by atoms with Gasteiger partial charge in [-0.1, -0.05) is 10.7 Å². The third-order valence-corrected chi connectivity index (χ3v) is 3.96. The van der Waals surface area contributed by atoms with Crippen LogP contribution in [0.2, 0.25) is 0 Å². The fourth-order valence-corrected chi connectivity index (χ4v) is 2.54. The van der Waals surface area contributed by atoms with E-state index in [1.807, 2.05) is 0 Å². The molecule has 1 amide bonds. The summed E-state index contributed by atoms with van der Waals surface area (Å²) < 4.78 is 79.3. The number of carbonyl (C=O) groups is 1. The monoisotopic (exact) mass is 296 g/mol. The molecule has 0 bridgehead atoms. The molecule has 2 N–H and O–H groups in total. The molecule has 17 heavy (non-hydrogen) atoms. The zero-order valence-corrected chi connectivity index (χ0v) is 9.83. The van der Waals surface area contributed by atoms with E-state index in [-0.39, 0.29) is 5.57 Å². The number of carbonyl (C=O) groups excluding carboxylic acids is 1. The van der Waals surface area contributed by atoms with Crippen molar-refractivity contribution in [2.75, 3.05) is 0 Å². The van der Waals surface area contributed by atoms with Crippen LogP contribution in [0.25, 0.3) is 0 Å². The second kappa shape index (κ2) is 4.62. The fraction of sp³-hybridized carbons (Fsp3) is 0.400. The maximum atomic E-state index is 11.8. The molecule has 100 valence electrons. The molecule has 0 aromatic rings. The number of hydrogen-bond acceptors (Lipinski definition) is 5. The van der Waals surface area contributed by atoms with Gasteiger partial charge in [-0.25, -0.2) is 13.1 Å². The van der Waals surface area contributed by atoms with Crippen molar-refractivity contribution in [1.82, 2.24) is 8.85 Å². The van der Waals surface area contributed by atoms with Gasteiger partial charge in [-0.05, 0) is 6.92 Å². The molecule has 12 heteroatoms. The van der Waals surface area contributed by atoms with Crippen LogP contribution in [-0.2, 0) is 25.0 Å². The molecule has 0 radical (unpaired) electrons. The van der Waals surface area contributed by atoms with Crippen molar-refractivity contribution in [3.63, 3.8) is 0 Å². The molecular weight excluding hydrogens is 289 g/mol. The van der Waals surface area contributed by atoms with Gasteiger partial charge in [0.15, 0.2) is 0 Å². The van der Waals surface area contributed by atoms with Crippen molar-refractivity contribution >= 4 is 26.1 Å². The van der Waals surface area contributed by atoms with Crippen molar-refractivity contribution in [1.29, 1.82) is 0 Å². The van der Waals surface area contributed by atoms with Crippen LogP contribution in [0.1, 0.15) is 6.92 Å². The molecule has 0 rings (SSSR count). The lowest BCUT2D eigenvalue weighted by molar-refractivity contribution is -0.115. The Balaban J connectivity index is 5.05. The molecule has 0 spiro atoms. The Morgan fingerprint density at radius 1 is 1.18 bits per heavy atom. The van der Waals surface area contributed by atoms with E-state index >= 15 is 0 Å². The molecule has 0 fully saturated rings. The lowest BCUT2D eigenvalue weighted by Crippen LogP contribution is -2.47. The van der Waals surface area contributed by atoms with Gasteiger partial charge in [-0.3, -0.25) is 4.79 Å². The first-order valence-electron chi connectivity index (χ1n) is 3.61. The third kappa shape index (κ3) is 4.70. The molecule has 0 aliphatic rings. The van der Waals surface area contributed by atoms with Gasteiger partial charge in [0.2, 0.25) is 0 Å².